The van der Waals surface area contributed by atoms with Crippen LogP contribution < -0.4 is 0 Å². The van der Waals surface area contributed by atoms with E-state index in [9.17, 15) is 24.9 Å². The maximum atomic E-state index is 11.9. The molecule has 0 aromatic heterocycles. The number of esters is 2. The largest absolute Gasteiger partial charge is 0.463 e. The first kappa shape index (κ1) is 21.9. The minimum atomic E-state index is -1.58. The van der Waals surface area contributed by atoms with Crippen LogP contribution in [-0.4, -0.2) is 77.3 Å². The van der Waals surface area contributed by atoms with Gasteiger partial charge in [-0.2, -0.15) is 0 Å². The highest BCUT2D eigenvalue weighted by Gasteiger charge is 2.46. The van der Waals surface area contributed by atoms with E-state index in [2.05, 4.69) is 15.9 Å². The van der Waals surface area contributed by atoms with Crippen LogP contribution in [0.5, 0.6) is 0 Å². The van der Waals surface area contributed by atoms with E-state index in [0.29, 0.717) is 0 Å². The number of carbonyl (C=O) groups is 2. The molecule has 2 saturated heterocycles. The summed E-state index contributed by atoms with van der Waals surface area (Å²) >= 11 is 3.32. The first-order chi connectivity index (χ1) is 13.8. The van der Waals surface area contributed by atoms with Crippen molar-refractivity contribution in [2.24, 2.45) is 0 Å². The molecule has 0 aliphatic carbocycles. The van der Waals surface area contributed by atoms with E-state index in [4.69, 9.17) is 18.9 Å². The zero-order chi connectivity index (χ0) is 21.0. The third kappa shape index (κ3) is 5.84. The van der Waals surface area contributed by atoms with Gasteiger partial charge in [0.25, 0.3) is 0 Å². The van der Waals surface area contributed by atoms with Crippen molar-refractivity contribution >= 4 is 33.9 Å². The van der Waals surface area contributed by atoms with E-state index in [0.717, 1.165) is 10.0 Å². The topological polar surface area (TPSA) is 132 Å². The number of cyclic esters (lactones) is 1. The second-order valence-electron chi connectivity index (χ2n) is 6.67. The quantitative estimate of drug-likeness (QED) is 0.390. The van der Waals surface area contributed by atoms with E-state index in [-0.39, 0.29) is 19.6 Å². The zero-order valence-corrected chi connectivity index (χ0v) is 16.8. The maximum Gasteiger partial charge on any atom is 0.330 e. The molecule has 0 spiro atoms. The Morgan fingerprint density at radius 3 is 2.55 bits per heavy atom. The lowest BCUT2D eigenvalue weighted by atomic mass is 9.99. The van der Waals surface area contributed by atoms with Gasteiger partial charge in [-0.1, -0.05) is 28.1 Å². The highest BCUT2D eigenvalue weighted by Crippen LogP contribution is 2.25. The Morgan fingerprint density at radius 1 is 1.17 bits per heavy atom. The Balaban J connectivity index is 1.53. The molecule has 10 heteroatoms. The van der Waals surface area contributed by atoms with E-state index >= 15 is 0 Å². The van der Waals surface area contributed by atoms with E-state index < -0.39 is 48.7 Å². The molecule has 9 nitrogen and oxygen atoms in total. The normalized spacial score (nSPS) is 32.3. The van der Waals surface area contributed by atoms with Crippen molar-refractivity contribution in [1.29, 1.82) is 0 Å². The van der Waals surface area contributed by atoms with Crippen molar-refractivity contribution in [1.82, 2.24) is 0 Å². The Morgan fingerprint density at radius 2 is 1.90 bits per heavy atom. The fourth-order valence-corrected chi connectivity index (χ4v) is 3.15. The lowest BCUT2D eigenvalue weighted by Gasteiger charge is -2.40. The molecule has 0 saturated carbocycles. The Bertz CT molecular complexity index is 751. The van der Waals surface area contributed by atoms with Crippen molar-refractivity contribution in [3.8, 4) is 0 Å². The molecule has 2 aliphatic heterocycles. The lowest BCUT2D eigenvalue weighted by molar-refractivity contribution is -0.311. The molecule has 3 rings (SSSR count). The summed E-state index contributed by atoms with van der Waals surface area (Å²) in [5.74, 6) is -1.11. The third-order valence-corrected chi connectivity index (χ3v) is 5.02. The number of carbonyl (C=O) groups excluding carboxylic acids is 2. The summed E-state index contributed by atoms with van der Waals surface area (Å²) in [5.41, 5.74) is 0.791. The Hall–Kier alpha value is -1.82. The molecule has 0 unspecified atom stereocenters. The second-order valence-corrected chi connectivity index (χ2v) is 7.59. The molecule has 158 valence electrons. The van der Waals surface area contributed by atoms with Crippen LogP contribution in [0.2, 0.25) is 0 Å². The molecule has 0 amide bonds. The molecule has 29 heavy (non-hydrogen) atoms. The van der Waals surface area contributed by atoms with Crippen molar-refractivity contribution in [3.63, 3.8) is 0 Å². The summed E-state index contributed by atoms with van der Waals surface area (Å²) in [6.45, 7) is -0.362. The van der Waals surface area contributed by atoms with Crippen LogP contribution in [-0.2, 0) is 28.5 Å². The van der Waals surface area contributed by atoms with Crippen LogP contribution in [0.15, 0.2) is 34.8 Å². The predicted molar refractivity (Wildman–Crippen MR) is 101 cm³/mol. The lowest BCUT2D eigenvalue weighted by Crippen LogP contribution is -2.60. The summed E-state index contributed by atoms with van der Waals surface area (Å²) in [6, 6.07) is 7.26. The van der Waals surface area contributed by atoms with Crippen LogP contribution in [0.1, 0.15) is 12.0 Å². The number of ether oxygens (including phenoxy) is 4. The second kappa shape index (κ2) is 9.79. The number of hydrogen-bond donors (Lipinski definition) is 3. The molecule has 0 bridgehead atoms. The fourth-order valence-electron chi connectivity index (χ4n) is 2.88. The predicted octanol–water partition coefficient (Wildman–Crippen LogP) is 0.145. The molecule has 6 atom stereocenters. The highest BCUT2D eigenvalue weighted by molar-refractivity contribution is 9.10. The van der Waals surface area contributed by atoms with Gasteiger partial charge in [0.05, 0.1) is 6.42 Å². The van der Waals surface area contributed by atoms with Crippen LogP contribution in [0.25, 0.3) is 6.08 Å². The fraction of sp³-hybridized carbons (Fsp3) is 0.474. The molecule has 3 N–H and O–H groups in total. The smallest absolute Gasteiger partial charge is 0.330 e. The first-order valence-electron chi connectivity index (χ1n) is 8.94. The average Bonchev–Trinajstić information content (AvgIpc) is 3.11. The van der Waals surface area contributed by atoms with Crippen LogP contribution >= 0.6 is 15.9 Å². The number of rotatable bonds is 6. The Labute approximate surface area is 175 Å². The minimum Gasteiger partial charge on any atom is -0.463 e. The number of aliphatic hydroxyl groups is 3. The summed E-state index contributed by atoms with van der Waals surface area (Å²) in [6.07, 6.45) is -4.90. The Kier molecular flexibility index (Phi) is 7.38. The first-order valence-corrected chi connectivity index (χ1v) is 9.74. The third-order valence-electron chi connectivity index (χ3n) is 4.49. The maximum absolute atomic E-state index is 11.9. The van der Waals surface area contributed by atoms with Gasteiger partial charge in [0, 0.05) is 10.5 Å². The SMILES string of the molecule is O=C(/C=C/c1ccc(Br)cc1)OC[C@H]1O[C@@H](O[C@H]2COC(=O)C2)[C@H](O)[C@@H](O)[C@@H]1O. The van der Waals surface area contributed by atoms with Crippen molar-refractivity contribution in [2.45, 2.75) is 43.2 Å². The monoisotopic (exact) mass is 472 g/mol. The minimum absolute atomic E-state index is 0.00453. The van der Waals surface area contributed by atoms with Gasteiger partial charge in [0.15, 0.2) is 6.29 Å². The average molecular weight is 473 g/mol. The van der Waals surface area contributed by atoms with Gasteiger partial charge in [-0.25, -0.2) is 4.79 Å². The molecule has 2 fully saturated rings. The van der Waals surface area contributed by atoms with Crippen molar-refractivity contribution in [2.75, 3.05) is 13.2 Å². The zero-order valence-electron chi connectivity index (χ0n) is 15.2. The standard InChI is InChI=1S/C19H21BrO9/c20-11-4-1-10(2-5-11)3-6-14(21)27-9-13-16(23)17(24)18(25)19(29-13)28-12-7-15(22)26-8-12/h1-6,12-13,16-19,23-25H,7-9H2/b6-3+/t12-,13-,16-,17+,18-,19-/m1/s1. The van der Waals surface area contributed by atoms with Gasteiger partial charge in [-0.15, -0.1) is 0 Å². The number of halogens is 1. The summed E-state index contributed by atoms with van der Waals surface area (Å²) in [5, 5.41) is 30.2. The van der Waals surface area contributed by atoms with Gasteiger partial charge in [-0.3, -0.25) is 4.79 Å². The molecule has 2 heterocycles. The van der Waals surface area contributed by atoms with Gasteiger partial charge < -0.3 is 34.3 Å². The van der Waals surface area contributed by atoms with Gasteiger partial charge in [0.2, 0.25) is 0 Å². The number of hydrogen-bond acceptors (Lipinski definition) is 9. The van der Waals surface area contributed by atoms with E-state index in [1.807, 2.05) is 12.1 Å². The number of benzene rings is 1. The molecule has 1 aromatic rings. The molecule has 0 radical (unpaired) electrons. The van der Waals surface area contributed by atoms with Crippen LogP contribution in [0, 0.1) is 0 Å². The van der Waals surface area contributed by atoms with Gasteiger partial charge in [-0.05, 0) is 23.8 Å². The summed E-state index contributed by atoms with van der Waals surface area (Å²) in [7, 11) is 0. The van der Waals surface area contributed by atoms with Crippen molar-refractivity contribution in [3.05, 3.63) is 40.4 Å². The molecule has 1 aromatic carbocycles. The summed E-state index contributed by atoms with van der Waals surface area (Å²) < 4.78 is 21.7. The highest BCUT2D eigenvalue weighted by atomic mass is 79.9. The van der Waals surface area contributed by atoms with Crippen LogP contribution in [0.3, 0.4) is 0 Å². The molecular formula is C19H21BrO9. The van der Waals surface area contributed by atoms with Crippen molar-refractivity contribution < 1.29 is 43.9 Å². The van der Waals surface area contributed by atoms with E-state index in [1.54, 1.807) is 18.2 Å². The molecular weight excluding hydrogens is 452 g/mol. The summed E-state index contributed by atoms with van der Waals surface area (Å²) in [4.78, 5) is 23.1. The van der Waals surface area contributed by atoms with Gasteiger partial charge >= 0.3 is 11.9 Å². The van der Waals surface area contributed by atoms with Gasteiger partial charge in [0.1, 0.15) is 43.7 Å². The van der Waals surface area contributed by atoms with Crippen LogP contribution in [0.4, 0.5) is 0 Å². The van der Waals surface area contributed by atoms with E-state index in [1.165, 1.54) is 6.08 Å². The molecule has 2 aliphatic rings. The number of aliphatic hydroxyl groups excluding tert-OH is 3.